The van der Waals surface area contributed by atoms with Crippen LogP contribution < -0.4 is 0 Å². The van der Waals surface area contributed by atoms with Gasteiger partial charge in [0, 0.05) is 5.56 Å². The predicted octanol–water partition coefficient (Wildman–Crippen LogP) is 5.30. The van der Waals surface area contributed by atoms with Crippen LogP contribution in [0.25, 0.3) is 44.3 Å². The van der Waals surface area contributed by atoms with E-state index in [4.69, 9.17) is 13.9 Å². The molecule has 2 aromatic carbocycles. The van der Waals surface area contributed by atoms with E-state index in [1.165, 1.54) is 10.8 Å². The van der Waals surface area contributed by atoms with Crippen molar-refractivity contribution in [2.75, 3.05) is 0 Å². The zero-order valence-corrected chi connectivity index (χ0v) is 12.6. The molecule has 0 fully saturated rings. The SMILES string of the molecule is c1ccc2cc(-c3coc4ccc(-c5cnoc5)nc34)ccc2c1. The highest BCUT2D eigenvalue weighted by Crippen LogP contribution is 2.32. The number of benzene rings is 2. The molecule has 0 N–H and O–H groups in total. The third-order valence-corrected chi connectivity index (χ3v) is 4.21. The van der Waals surface area contributed by atoms with Gasteiger partial charge in [-0.2, -0.15) is 0 Å². The molecule has 5 aromatic rings. The summed E-state index contributed by atoms with van der Waals surface area (Å²) in [4.78, 5) is 4.74. The summed E-state index contributed by atoms with van der Waals surface area (Å²) in [6.45, 7) is 0. The minimum atomic E-state index is 0.762. The molecule has 0 unspecified atom stereocenters. The standard InChI is InChI=1S/C20H12N2O2/c1-2-4-14-9-15(6-5-13(14)3-1)17-12-23-19-8-7-18(22-20(17)19)16-10-21-24-11-16/h1-12H. The minimum absolute atomic E-state index is 0.762. The quantitative estimate of drug-likeness (QED) is 0.443. The average Bonchev–Trinajstić information content (AvgIpc) is 3.30. The molecule has 0 amide bonds. The van der Waals surface area contributed by atoms with E-state index in [-0.39, 0.29) is 0 Å². The second-order valence-corrected chi connectivity index (χ2v) is 5.67. The largest absolute Gasteiger partial charge is 0.462 e. The summed E-state index contributed by atoms with van der Waals surface area (Å²) < 4.78 is 10.6. The summed E-state index contributed by atoms with van der Waals surface area (Å²) in [5, 5.41) is 6.15. The summed E-state index contributed by atoms with van der Waals surface area (Å²) >= 11 is 0. The van der Waals surface area contributed by atoms with Gasteiger partial charge in [-0.1, -0.05) is 41.6 Å². The van der Waals surface area contributed by atoms with E-state index in [9.17, 15) is 0 Å². The van der Waals surface area contributed by atoms with Crippen LogP contribution >= 0.6 is 0 Å². The molecule has 114 valence electrons. The second kappa shape index (κ2) is 5.06. The Labute approximate surface area is 137 Å². The molecule has 0 bridgehead atoms. The molecule has 4 heteroatoms. The van der Waals surface area contributed by atoms with Crippen molar-refractivity contribution in [3.63, 3.8) is 0 Å². The molecule has 4 nitrogen and oxygen atoms in total. The summed E-state index contributed by atoms with van der Waals surface area (Å²) in [7, 11) is 0. The van der Waals surface area contributed by atoms with Crippen LogP contribution in [0.3, 0.4) is 0 Å². The number of fused-ring (bicyclic) bond motifs is 2. The number of aromatic nitrogens is 2. The monoisotopic (exact) mass is 312 g/mol. The van der Waals surface area contributed by atoms with Gasteiger partial charge in [0.05, 0.1) is 17.5 Å². The lowest BCUT2D eigenvalue weighted by Gasteiger charge is -2.02. The van der Waals surface area contributed by atoms with Gasteiger partial charge < -0.3 is 8.94 Å². The first-order chi connectivity index (χ1) is 11.9. The van der Waals surface area contributed by atoms with Crippen molar-refractivity contribution in [1.82, 2.24) is 10.1 Å². The van der Waals surface area contributed by atoms with Crippen LogP contribution in [0, 0.1) is 0 Å². The molecular weight excluding hydrogens is 300 g/mol. The van der Waals surface area contributed by atoms with Crippen molar-refractivity contribution < 1.29 is 8.94 Å². The lowest BCUT2D eigenvalue weighted by Crippen LogP contribution is -1.84. The predicted molar refractivity (Wildman–Crippen MR) is 92.4 cm³/mol. The molecule has 0 spiro atoms. The molecule has 0 saturated carbocycles. The number of hydrogen-bond donors (Lipinski definition) is 0. The zero-order chi connectivity index (χ0) is 15.9. The average molecular weight is 312 g/mol. The van der Waals surface area contributed by atoms with Crippen molar-refractivity contribution in [2.24, 2.45) is 0 Å². The first-order valence-electron chi connectivity index (χ1n) is 7.66. The van der Waals surface area contributed by atoms with Gasteiger partial charge in [-0.25, -0.2) is 4.98 Å². The van der Waals surface area contributed by atoms with Gasteiger partial charge in [0.1, 0.15) is 18.0 Å². The minimum Gasteiger partial charge on any atom is -0.462 e. The van der Waals surface area contributed by atoms with Gasteiger partial charge in [0.25, 0.3) is 0 Å². The van der Waals surface area contributed by atoms with E-state index >= 15 is 0 Å². The fourth-order valence-electron chi connectivity index (χ4n) is 2.97. The Morgan fingerprint density at radius 2 is 1.71 bits per heavy atom. The van der Waals surface area contributed by atoms with Crippen LogP contribution in [0.15, 0.2) is 82.3 Å². The fourth-order valence-corrected chi connectivity index (χ4v) is 2.97. The Morgan fingerprint density at radius 1 is 0.792 bits per heavy atom. The topological polar surface area (TPSA) is 52.1 Å². The maximum absolute atomic E-state index is 5.69. The first-order valence-corrected chi connectivity index (χ1v) is 7.66. The number of hydrogen-bond acceptors (Lipinski definition) is 4. The van der Waals surface area contributed by atoms with Crippen molar-refractivity contribution in [3.05, 3.63) is 73.3 Å². The molecule has 0 aliphatic heterocycles. The molecule has 0 atom stereocenters. The van der Waals surface area contributed by atoms with Gasteiger partial charge in [0.15, 0.2) is 5.58 Å². The molecule has 0 radical (unpaired) electrons. The normalized spacial score (nSPS) is 11.3. The third-order valence-electron chi connectivity index (χ3n) is 4.21. The van der Waals surface area contributed by atoms with E-state index in [1.54, 1.807) is 18.7 Å². The smallest absolute Gasteiger partial charge is 0.153 e. The summed E-state index contributed by atoms with van der Waals surface area (Å²) in [5.41, 5.74) is 5.33. The zero-order valence-electron chi connectivity index (χ0n) is 12.6. The van der Waals surface area contributed by atoms with Crippen LogP contribution in [0.4, 0.5) is 0 Å². The summed E-state index contributed by atoms with van der Waals surface area (Å²) in [5.74, 6) is 0. The highest BCUT2D eigenvalue weighted by Gasteiger charge is 2.12. The number of furan rings is 1. The van der Waals surface area contributed by atoms with E-state index in [1.807, 2.05) is 24.3 Å². The second-order valence-electron chi connectivity index (χ2n) is 5.67. The van der Waals surface area contributed by atoms with E-state index < -0.39 is 0 Å². The van der Waals surface area contributed by atoms with Gasteiger partial charge >= 0.3 is 0 Å². The van der Waals surface area contributed by atoms with Crippen molar-refractivity contribution in [2.45, 2.75) is 0 Å². The molecule has 3 aromatic heterocycles. The van der Waals surface area contributed by atoms with E-state index in [2.05, 4.69) is 35.5 Å². The van der Waals surface area contributed by atoms with Crippen molar-refractivity contribution in [3.8, 4) is 22.4 Å². The maximum atomic E-state index is 5.69. The molecule has 5 rings (SSSR count). The van der Waals surface area contributed by atoms with Gasteiger partial charge in [-0.3, -0.25) is 0 Å². The Bertz CT molecular complexity index is 1160. The lowest BCUT2D eigenvalue weighted by molar-refractivity contribution is 0.420. The van der Waals surface area contributed by atoms with Crippen LogP contribution in [-0.4, -0.2) is 10.1 Å². The molecule has 0 saturated heterocycles. The summed E-state index contributed by atoms with van der Waals surface area (Å²) in [6, 6.07) is 18.5. The van der Waals surface area contributed by atoms with E-state index in [0.29, 0.717) is 0 Å². The van der Waals surface area contributed by atoms with Crippen LogP contribution in [0.5, 0.6) is 0 Å². The Kier molecular flexibility index (Phi) is 2.76. The van der Waals surface area contributed by atoms with Crippen LogP contribution in [0.1, 0.15) is 0 Å². The van der Waals surface area contributed by atoms with Crippen LogP contribution in [-0.2, 0) is 0 Å². The molecule has 0 aliphatic rings. The third kappa shape index (κ3) is 2.01. The molecule has 3 heterocycles. The fraction of sp³-hybridized carbons (Fsp3) is 0. The molecular formula is C20H12N2O2. The molecule has 0 aliphatic carbocycles. The van der Waals surface area contributed by atoms with Crippen molar-refractivity contribution >= 4 is 21.9 Å². The first kappa shape index (κ1) is 13.1. The van der Waals surface area contributed by atoms with Gasteiger partial charge in [-0.15, -0.1) is 0 Å². The Hall–Kier alpha value is -3.40. The van der Waals surface area contributed by atoms with Crippen LogP contribution in [0.2, 0.25) is 0 Å². The number of rotatable bonds is 2. The van der Waals surface area contributed by atoms with Gasteiger partial charge in [-0.05, 0) is 34.5 Å². The Morgan fingerprint density at radius 3 is 2.58 bits per heavy atom. The number of pyridine rings is 1. The van der Waals surface area contributed by atoms with Crippen molar-refractivity contribution in [1.29, 1.82) is 0 Å². The number of nitrogens with zero attached hydrogens (tertiary/aromatic N) is 2. The maximum Gasteiger partial charge on any atom is 0.153 e. The molecule has 24 heavy (non-hydrogen) atoms. The van der Waals surface area contributed by atoms with Gasteiger partial charge in [0.2, 0.25) is 0 Å². The Balaban J connectivity index is 1.71. The highest BCUT2D eigenvalue weighted by molar-refractivity contribution is 5.95. The lowest BCUT2D eigenvalue weighted by atomic mass is 10.0. The summed E-state index contributed by atoms with van der Waals surface area (Å²) in [6.07, 6.45) is 5.01. The van der Waals surface area contributed by atoms with E-state index in [0.717, 1.165) is 33.5 Å². The highest BCUT2D eigenvalue weighted by atomic mass is 16.5.